The minimum Gasteiger partial charge on any atom is -0.384 e. The zero-order valence-corrected chi connectivity index (χ0v) is 17.2. The number of halogens is 1. The van der Waals surface area contributed by atoms with Crippen LogP contribution in [0.2, 0.25) is 0 Å². The molecule has 2 fully saturated rings. The molecule has 0 bridgehead atoms. The van der Waals surface area contributed by atoms with Gasteiger partial charge in [0.15, 0.2) is 0 Å². The zero-order valence-electron chi connectivity index (χ0n) is 17.2. The van der Waals surface area contributed by atoms with Crippen molar-refractivity contribution in [3.8, 4) is 11.1 Å². The van der Waals surface area contributed by atoms with E-state index in [0.717, 1.165) is 40.6 Å². The average molecular weight is 417 g/mol. The summed E-state index contributed by atoms with van der Waals surface area (Å²) < 4.78 is 14.9. The fourth-order valence-corrected chi connectivity index (χ4v) is 4.17. The molecular weight excluding hydrogens is 393 g/mol. The highest BCUT2D eigenvalue weighted by atomic mass is 19.1. The predicted octanol–water partition coefficient (Wildman–Crippen LogP) is 3.84. The van der Waals surface area contributed by atoms with E-state index in [-0.39, 0.29) is 11.5 Å². The van der Waals surface area contributed by atoms with Gasteiger partial charge in [-0.1, -0.05) is 24.8 Å². The highest BCUT2D eigenvalue weighted by Gasteiger charge is 2.45. The van der Waals surface area contributed by atoms with E-state index in [9.17, 15) is 14.3 Å². The third-order valence-electron chi connectivity index (χ3n) is 6.35. The fraction of sp³-hybridized carbons (Fsp3) is 0.280. The maximum atomic E-state index is 14.9. The first kappa shape index (κ1) is 19.7. The third kappa shape index (κ3) is 3.68. The van der Waals surface area contributed by atoms with E-state index < -0.39 is 11.4 Å². The Morgan fingerprint density at radius 2 is 1.68 bits per heavy atom. The molecule has 0 spiro atoms. The summed E-state index contributed by atoms with van der Waals surface area (Å²) in [7, 11) is 0. The molecule has 1 aliphatic heterocycles. The Hall–Kier alpha value is -3.25. The van der Waals surface area contributed by atoms with Crippen LogP contribution in [0.5, 0.6) is 0 Å². The average Bonchev–Trinajstić information content (AvgIpc) is 3.56. The molecule has 2 heterocycles. The highest BCUT2D eigenvalue weighted by Crippen LogP contribution is 2.42. The van der Waals surface area contributed by atoms with E-state index >= 15 is 0 Å². The molecule has 1 aliphatic carbocycles. The van der Waals surface area contributed by atoms with Gasteiger partial charge in [0.1, 0.15) is 11.4 Å². The molecule has 1 saturated carbocycles. The smallest absolute Gasteiger partial charge is 0.256 e. The first-order chi connectivity index (χ1) is 14.9. The zero-order chi connectivity index (χ0) is 21.6. The summed E-state index contributed by atoms with van der Waals surface area (Å²) in [5.41, 5.74) is 2.55. The van der Waals surface area contributed by atoms with Crippen molar-refractivity contribution in [2.24, 2.45) is 0 Å². The molecule has 0 unspecified atom stereocenters. The number of nitrogens with zero attached hydrogens (tertiary/aromatic N) is 3. The molecule has 1 aromatic heterocycles. The van der Waals surface area contributed by atoms with Gasteiger partial charge in [0.2, 0.25) is 0 Å². The molecule has 3 aromatic rings. The lowest BCUT2D eigenvalue weighted by Crippen LogP contribution is -2.49. The molecule has 2 aromatic carbocycles. The molecule has 158 valence electrons. The molecule has 5 rings (SSSR count). The number of rotatable bonds is 4. The second-order valence-corrected chi connectivity index (χ2v) is 8.36. The van der Waals surface area contributed by atoms with Gasteiger partial charge in [-0.15, -0.1) is 0 Å². The molecule has 1 N–H and O–H groups in total. The van der Waals surface area contributed by atoms with Crippen molar-refractivity contribution in [1.29, 1.82) is 0 Å². The van der Waals surface area contributed by atoms with Crippen LogP contribution in [0, 0.1) is 5.82 Å². The number of amides is 1. The van der Waals surface area contributed by atoms with Gasteiger partial charge < -0.3 is 14.9 Å². The normalized spacial score (nSPS) is 17.6. The Kier molecular flexibility index (Phi) is 4.74. The van der Waals surface area contributed by atoms with Gasteiger partial charge in [0.25, 0.3) is 5.91 Å². The van der Waals surface area contributed by atoms with Crippen LogP contribution >= 0.6 is 0 Å². The van der Waals surface area contributed by atoms with E-state index in [0.29, 0.717) is 26.2 Å². The maximum Gasteiger partial charge on any atom is 0.256 e. The van der Waals surface area contributed by atoms with Gasteiger partial charge in [0, 0.05) is 43.5 Å². The molecule has 0 atom stereocenters. The number of hydrogen-bond acceptors (Lipinski definition) is 4. The molecule has 1 amide bonds. The quantitative estimate of drug-likeness (QED) is 0.701. The SMILES string of the molecule is C=C(N1CCN(C(=O)c2ccc(-c3ccc4ncccc4c3)cc2F)CC1)C1(O)CC1. The Bertz CT molecular complexity index is 1180. The lowest BCUT2D eigenvalue weighted by molar-refractivity contribution is 0.0618. The summed E-state index contributed by atoms with van der Waals surface area (Å²) >= 11 is 0. The molecular formula is C25H24FN3O2. The van der Waals surface area contributed by atoms with Gasteiger partial charge in [0.05, 0.1) is 11.1 Å². The predicted molar refractivity (Wildman–Crippen MR) is 118 cm³/mol. The third-order valence-corrected chi connectivity index (χ3v) is 6.35. The summed E-state index contributed by atoms with van der Waals surface area (Å²) in [5, 5.41) is 11.2. The Morgan fingerprint density at radius 1 is 1.00 bits per heavy atom. The Balaban J connectivity index is 1.30. The summed E-state index contributed by atoms with van der Waals surface area (Å²) in [4.78, 5) is 20.9. The van der Waals surface area contributed by atoms with Crippen molar-refractivity contribution in [1.82, 2.24) is 14.8 Å². The van der Waals surface area contributed by atoms with E-state index in [1.807, 2.05) is 35.2 Å². The summed E-state index contributed by atoms with van der Waals surface area (Å²) in [6.07, 6.45) is 3.23. The molecule has 1 saturated heterocycles. The molecule has 6 heteroatoms. The minimum absolute atomic E-state index is 0.0827. The minimum atomic E-state index is -0.757. The molecule has 2 aliphatic rings. The van der Waals surface area contributed by atoms with Crippen LogP contribution in [0.4, 0.5) is 4.39 Å². The van der Waals surface area contributed by atoms with Crippen molar-refractivity contribution < 1.29 is 14.3 Å². The van der Waals surface area contributed by atoms with E-state index in [4.69, 9.17) is 0 Å². The number of fused-ring (bicyclic) bond motifs is 1. The maximum absolute atomic E-state index is 14.9. The topological polar surface area (TPSA) is 56.7 Å². The Labute approximate surface area is 180 Å². The van der Waals surface area contributed by atoms with Gasteiger partial charge in [-0.05, 0) is 54.3 Å². The van der Waals surface area contributed by atoms with Gasteiger partial charge in [-0.3, -0.25) is 9.78 Å². The monoisotopic (exact) mass is 417 g/mol. The number of benzene rings is 2. The highest BCUT2D eigenvalue weighted by molar-refractivity contribution is 5.95. The van der Waals surface area contributed by atoms with Gasteiger partial charge in [-0.2, -0.15) is 0 Å². The summed E-state index contributed by atoms with van der Waals surface area (Å²) in [6, 6.07) is 14.4. The first-order valence-electron chi connectivity index (χ1n) is 10.6. The van der Waals surface area contributed by atoms with E-state index in [2.05, 4.69) is 11.6 Å². The van der Waals surface area contributed by atoms with Crippen molar-refractivity contribution in [2.75, 3.05) is 26.2 Å². The number of carbonyl (C=O) groups is 1. The van der Waals surface area contributed by atoms with Crippen LogP contribution in [-0.2, 0) is 0 Å². The lowest BCUT2D eigenvalue weighted by atomic mass is 10.0. The van der Waals surface area contributed by atoms with Crippen molar-refractivity contribution in [2.45, 2.75) is 18.4 Å². The van der Waals surface area contributed by atoms with Crippen LogP contribution in [0.25, 0.3) is 22.0 Å². The lowest BCUT2D eigenvalue weighted by Gasteiger charge is -2.38. The van der Waals surface area contributed by atoms with Crippen molar-refractivity contribution in [3.05, 3.63) is 78.4 Å². The number of aromatic nitrogens is 1. The van der Waals surface area contributed by atoms with Gasteiger partial charge >= 0.3 is 0 Å². The number of hydrogen-bond donors (Lipinski definition) is 1. The fourth-order valence-electron chi connectivity index (χ4n) is 4.17. The van der Waals surface area contributed by atoms with E-state index in [1.165, 1.54) is 6.07 Å². The second kappa shape index (κ2) is 7.46. The van der Waals surface area contributed by atoms with Crippen LogP contribution in [-0.4, -0.2) is 57.6 Å². The molecule has 0 radical (unpaired) electrons. The molecule has 5 nitrogen and oxygen atoms in total. The number of piperazine rings is 1. The number of carbonyl (C=O) groups excluding carboxylic acids is 1. The number of aliphatic hydroxyl groups is 1. The van der Waals surface area contributed by atoms with Crippen molar-refractivity contribution >= 4 is 16.8 Å². The Morgan fingerprint density at radius 3 is 2.39 bits per heavy atom. The largest absolute Gasteiger partial charge is 0.384 e. The first-order valence-corrected chi connectivity index (χ1v) is 10.6. The van der Waals surface area contributed by atoms with Crippen LogP contribution in [0.15, 0.2) is 67.0 Å². The van der Waals surface area contributed by atoms with Crippen LogP contribution in [0.3, 0.4) is 0 Å². The summed E-state index contributed by atoms with van der Waals surface area (Å²) in [6.45, 7) is 6.17. The summed E-state index contributed by atoms with van der Waals surface area (Å²) in [5.74, 6) is -0.824. The number of pyridine rings is 1. The van der Waals surface area contributed by atoms with Gasteiger partial charge in [-0.25, -0.2) is 4.39 Å². The molecule has 31 heavy (non-hydrogen) atoms. The van der Waals surface area contributed by atoms with Crippen LogP contribution < -0.4 is 0 Å². The standard InChI is InChI=1S/C25H24FN3O2/c1-17(25(31)8-9-25)28-11-13-29(14-12-28)24(30)21-6-4-19(16-22(21)26)18-5-7-23-20(15-18)3-2-10-27-23/h2-7,10,15-16,31H,1,8-9,11-14H2. The van der Waals surface area contributed by atoms with E-state index in [1.54, 1.807) is 23.2 Å². The van der Waals surface area contributed by atoms with Crippen LogP contribution in [0.1, 0.15) is 23.2 Å². The second-order valence-electron chi connectivity index (χ2n) is 8.36. The van der Waals surface area contributed by atoms with Crippen molar-refractivity contribution in [3.63, 3.8) is 0 Å².